The number of nitrogens with zero attached hydrogens (tertiary/aromatic N) is 3. The smallest absolute Gasteiger partial charge is 0.325 e. The van der Waals surface area contributed by atoms with Crippen molar-refractivity contribution < 1.29 is 23.8 Å². The third-order valence-corrected chi connectivity index (χ3v) is 3.34. The van der Waals surface area contributed by atoms with Crippen LogP contribution in [0.1, 0.15) is 23.4 Å². The molecule has 8 heteroatoms. The maximum atomic E-state index is 11.7. The number of rotatable bonds is 5. The minimum atomic E-state index is -0.974. The van der Waals surface area contributed by atoms with Crippen molar-refractivity contribution in [3.63, 3.8) is 0 Å². The number of fused-ring (bicyclic) bond motifs is 1. The number of aliphatic carboxylic acids is 1. The third-order valence-electron chi connectivity index (χ3n) is 3.34. The first-order valence-electron chi connectivity index (χ1n) is 6.66. The van der Waals surface area contributed by atoms with Gasteiger partial charge in [-0.25, -0.2) is 0 Å². The molecule has 0 saturated heterocycles. The summed E-state index contributed by atoms with van der Waals surface area (Å²) in [6, 6.07) is 4.23. The van der Waals surface area contributed by atoms with Crippen LogP contribution in [-0.2, 0) is 11.3 Å². The number of ether oxygens (including phenoxy) is 2. The van der Waals surface area contributed by atoms with Crippen LogP contribution in [0.4, 0.5) is 0 Å². The lowest BCUT2D eigenvalue weighted by molar-refractivity contribution is -0.143. The van der Waals surface area contributed by atoms with E-state index >= 15 is 0 Å². The first kappa shape index (κ1) is 14.3. The SMILES string of the molecule is Cc1nnc(CN(C)[C@H](C(=O)O)c2ccc3c(c2)OCO3)o1. The summed E-state index contributed by atoms with van der Waals surface area (Å²) < 4.78 is 15.8. The molecule has 8 nitrogen and oxygen atoms in total. The second-order valence-electron chi connectivity index (χ2n) is 4.98. The number of likely N-dealkylation sites (N-methyl/N-ethyl adjacent to an activating group) is 1. The Kier molecular flexibility index (Phi) is 3.68. The van der Waals surface area contributed by atoms with Gasteiger partial charge in [-0.1, -0.05) is 6.07 Å². The summed E-state index contributed by atoms with van der Waals surface area (Å²) in [6.07, 6.45) is 0. The molecule has 0 spiro atoms. The van der Waals surface area contributed by atoms with Crippen LogP contribution in [0.25, 0.3) is 0 Å². The quantitative estimate of drug-likeness (QED) is 0.884. The lowest BCUT2D eigenvalue weighted by Crippen LogP contribution is -2.30. The van der Waals surface area contributed by atoms with Crippen LogP contribution < -0.4 is 9.47 Å². The third kappa shape index (κ3) is 2.73. The topological polar surface area (TPSA) is 97.9 Å². The molecule has 1 aromatic carbocycles. The van der Waals surface area contributed by atoms with Crippen LogP contribution in [0.15, 0.2) is 22.6 Å². The van der Waals surface area contributed by atoms with Gasteiger partial charge in [0.15, 0.2) is 11.5 Å². The van der Waals surface area contributed by atoms with Gasteiger partial charge in [-0.15, -0.1) is 10.2 Å². The highest BCUT2D eigenvalue weighted by molar-refractivity contribution is 5.76. The first-order chi connectivity index (χ1) is 10.5. The Labute approximate surface area is 126 Å². The molecule has 0 fully saturated rings. The van der Waals surface area contributed by atoms with Gasteiger partial charge < -0.3 is 19.0 Å². The van der Waals surface area contributed by atoms with Gasteiger partial charge in [-0.05, 0) is 24.7 Å². The summed E-state index contributed by atoms with van der Waals surface area (Å²) >= 11 is 0. The minimum absolute atomic E-state index is 0.146. The lowest BCUT2D eigenvalue weighted by atomic mass is 10.0. The molecule has 0 amide bonds. The molecule has 1 aliphatic heterocycles. The lowest BCUT2D eigenvalue weighted by Gasteiger charge is -2.23. The number of carboxylic acids is 1. The average molecular weight is 305 g/mol. The van der Waals surface area contributed by atoms with E-state index in [-0.39, 0.29) is 13.3 Å². The molecule has 1 N–H and O–H groups in total. The fourth-order valence-electron chi connectivity index (χ4n) is 2.37. The normalized spacial score (nSPS) is 14.3. The second kappa shape index (κ2) is 5.64. The van der Waals surface area contributed by atoms with Crippen LogP contribution in [0.3, 0.4) is 0 Å². The van der Waals surface area contributed by atoms with Gasteiger partial charge in [0.05, 0.1) is 6.54 Å². The summed E-state index contributed by atoms with van der Waals surface area (Å²) in [6.45, 7) is 2.06. The molecule has 3 rings (SSSR count). The van der Waals surface area contributed by atoms with E-state index in [4.69, 9.17) is 13.9 Å². The fourth-order valence-corrected chi connectivity index (χ4v) is 2.37. The van der Waals surface area contributed by atoms with Gasteiger partial charge in [0.1, 0.15) is 6.04 Å². The van der Waals surface area contributed by atoms with Crippen LogP contribution in [0, 0.1) is 6.92 Å². The summed E-state index contributed by atoms with van der Waals surface area (Å²) in [7, 11) is 1.68. The molecule has 22 heavy (non-hydrogen) atoms. The number of benzene rings is 1. The van der Waals surface area contributed by atoms with E-state index in [1.165, 1.54) is 0 Å². The van der Waals surface area contributed by atoms with Gasteiger partial charge in [0.2, 0.25) is 18.6 Å². The van der Waals surface area contributed by atoms with Gasteiger partial charge in [-0.2, -0.15) is 0 Å². The highest BCUT2D eigenvalue weighted by atomic mass is 16.7. The van der Waals surface area contributed by atoms with Crippen molar-refractivity contribution in [2.45, 2.75) is 19.5 Å². The number of aryl methyl sites for hydroxylation is 1. The second-order valence-corrected chi connectivity index (χ2v) is 4.98. The van der Waals surface area contributed by atoms with Gasteiger partial charge in [0, 0.05) is 6.92 Å². The van der Waals surface area contributed by atoms with Crippen molar-refractivity contribution in [3.05, 3.63) is 35.5 Å². The van der Waals surface area contributed by atoms with Gasteiger partial charge >= 0.3 is 5.97 Å². The maximum Gasteiger partial charge on any atom is 0.325 e. The standard InChI is InChI=1S/C14H15N3O5/c1-8-15-16-12(22-8)6-17(2)13(14(18)19)9-3-4-10-11(5-9)21-7-20-10/h3-5,13H,6-7H2,1-2H3,(H,18,19)/t13-/m0/s1. The maximum absolute atomic E-state index is 11.7. The van der Waals surface area contributed by atoms with Crippen molar-refractivity contribution in [1.29, 1.82) is 0 Å². The van der Waals surface area contributed by atoms with Crippen molar-refractivity contribution in [3.8, 4) is 11.5 Å². The van der Waals surface area contributed by atoms with Crippen molar-refractivity contribution in [2.75, 3.05) is 13.8 Å². The zero-order valence-electron chi connectivity index (χ0n) is 12.1. The molecule has 0 bridgehead atoms. The zero-order chi connectivity index (χ0) is 15.7. The molecule has 1 aromatic heterocycles. The van der Waals surface area contributed by atoms with Gasteiger partial charge in [0.25, 0.3) is 0 Å². The van der Waals surface area contributed by atoms with E-state index in [0.29, 0.717) is 28.8 Å². The van der Waals surface area contributed by atoms with Crippen LogP contribution in [0.5, 0.6) is 11.5 Å². The van der Waals surface area contributed by atoms with Crippen molar-refractivity contribution >= 4 is 5.97 Å². The number of hydrogen-bond acceptors (Lipinski definition) is 7. The zero-order valence-corrected chi connectivity index (χ0v) is 12.1. The largest absolute Gasteiger partial charge is 0.480 e. The number of hydrogen-bond donors (Lipinski definition) is 1. The Morgan fingerprint density at radius 3 is 2.82 bits per heavy atom. The van der Waals surface area contributed by atoms with Crippen LogP contribution >= 0.6 is 0 Å². The number of carboxylic acid groups (broad SMARTS) is 1. The van der Waals surface area contributed by atoms with E-state index in [2.05, 4.69) is 10.2 Å². The highest BCUT2D eigenvalue weighted by Gasteiger charge is 2.28. The van der Waals surface area contributed by atoms with E-state index in [0.717, 1.165) is 0 Å². The van der Waals surface area contributed by atoms with E-state index in [1.54, 1.807) is 37.1 Å². The molecule has 0 radical (unpaired) electrons. The minimum Gasteiger partial charge on any atom is -0.480 e. The van der Waals surface area contributed by atoms with Gasteiger partial charge in [-0.3, -0.25) is 9.69 Å². The van der Waals surface area contributed by atoms with Crippen LogP contribution in [0.2, 0.25) is 0 Å². The van der Waals surface area contributed by atoms with E-state index in [1.807, 2.05) is 0 Å². The van der Waals surface area contributed by atoms with Crippen LogP contribution in [-0.4, -0.2) is 40.0 Å². The molecule has 0 aliphatic carbocycles. The predicted octanol–water partition coefficient (Wildman–Crippen LogP) is 1.36. The summed E-state index contributed by atoms with van der Waals surface area (Å²) in [5, 5.41) is 17.2. The number of aromatic nitrogens is 2. The monoisotopic (exact) mass is 305 g/mol. The molecule has 116 valence electrons. The fraction of sp³-hybridized carbons (Fsp3) is 0.357. The summed E-state index contributed by atoms with van der Waals surface area (Å²) in [5.41, 5.74) is 0.593. The van der Waals surface area contributed by atoms with E-state index in [9.17, 15) is 9.90 Å². The molecule has 1 atom stereocenters. The van der Waals surface area contributed by atoms with E-state index < -0.39 is 12.0 Å². The molecule has 0 unspecified atom stereocenters. The summed E-state index contributed by atoms with van der Waals surface area (Å²) in [4.78, 5) is 13.3. The molecule has 1 aliphatic rings. The molecule has 0 saturated carbocycles. The first-order valence-corrected chi connectivity index (χ1v) is 6.66. The Hall–Kier alpha value is -2.61. The predicted molar refractivity (Wildman–Crippen MR) is 73.4 cm³/mol. The van der Waals surface area contributed by atoms with Crippen molar-refractivity contribution in [2.24, 2.45) is 0 Å². The Balaban J connectivity index is 1.84. The molecule has 2 aromatic rings. The Morgan fingerprint density at radius 1 is 1.36 bits per heavy atom. The Morgan fingerprint density at radius 2 is 2.14 bits per heavy atom. The highest BCUT2D eigenvalue weighted by Crippen LogP contribution is 2.35. The molecular weight excluding hydrogens is 290 g/mol. The number of carbonyl (C=O) groups is 1. The molecular formula is C14H15N3O5. The molecule has 2 heterocycles. The van der Waals surface area contributed by atoms with Crippen molar-refractivity contribution in [1.82, 2.24) is 15.1 Å². The average Bonchev–Trinajstić information content (AvgIpc) is 3.07. The Bertz CT molecular complexity index is 700. The summed E-state index contributed by atoms with van der Waals surface area (Å²) in [5.74, 6) is 0.997.